The van der Waals surface area contributed by atoms with Gasteiger partial charge in [-0.15, -0.1) is 0 Å². The van der Waals surface area contributed by atoms with Crippen LogP contribution >= 0.6 is 23.2 Å². The van der Waals surface area contributed by atoms with Gasteiger partial charge in [-0.05, 0) is 37.3 Å². The van der Waals surface area contributed by atoms with Crippen LogP contribution in [0.15, 0.2) is 46.1 Å². The van der Waals surface area contributed by atoms with Crippen molar-refractivity contribution in [2.24, 2.45) is 5.10 Å². The minimum absolute atomic E-state index is 0.212. The Labute approximate surface area is 131 Å². The zero-order valence-electron chi connectivity index (χ0n) is 11.1. The van der Waals surface area contributed by atoms with Crippen molar-refractivity contribution in [3.63, 3.8) is 0 Å². The van der Waals surface area contributed by atoms with Crippen molar-refractivity contribution < 1.29 is 13.9 Å². The predicted molar refractivity (Wildman–Crippen MR) is 81.0 cm³/mol. The van der Waals surface area contributed by atoms with Crippen LogP contribution in [0.3, 0.4) is 0 Å². The normalized spacial score (nSPS) is 11.3. The lowest BCUT2D eigenvalue weighted by Crippen LogP contribution is -2.25. The fourth-order valence-electron chi connectivity index (χ4n) is 1.45. The maximum atomic E-state index is 11.6. The molecule has 0 unspecified atom stereocenters. The second kappa shape index (κ2) is 7.15. The Morgan fingerprint density at radius 1 is 1.38 bits per heavy atom. The van der Waals surface area contributed by atoms with Crippen LogP contribution < -0.4 is 10.2 Å². The van der Waals surface area contributed by atoms with Crippen LogP contribution in [0.25, 0.3) is 0 Å². The molecule has 0 saturated carbocycles. The number of hydrogen-bond acceptors (Lipinski definition) is 4. The third kappa shape index (κ3) is 4.51. The number of ether oxygens (including phenoxy) is 1. The van der Waals surface area contributed by atoms with Crippen LogP contribution in [-0.4, -0.2) is 18.2 Å². The number of hydrogen-bond donors (Lipinski definition) is 1. The number of carbonyl (C=O) groups excluding carboxylic acids is 1. The van der Waals surface area contributed by atoms with Crippen LogP contribution in [0.2, 0.25) is 10.0 Å². The van der Waals surface area contributed by atoms with Gasteiger partial charge in [0.05, 0.1) is 11.3 Å². The lowest BCUT2D eigenvalue weighted by atomic mass is 10.3. The zero-order chi connectivity index (χ0) is 15.2. The van der Waals surface area contributed by atoms with E-state index < -0.39 is 5.91 Å². The second-order valence-corrected chi connectivity index (χ2v) is 4.92. The molecule has 2 rings (SSSR count). The van der Waals surface area contributed by atoms with E-state index in [1.54, 1.807) is 31.2 Å². The van der Waals surface area contributed by atoms with E-state index in [1.165, 1.54) is 12.3 Å². The highest BCUT2D eigenvalue weighted by Crippen LogP contribution is 2.27. The molecule has 0 aliphatic carbocycles. The van der Waals surface area contributed by atoms with E-state index in [4.69, 9.17) is 32.4 Å². The van der Waals surface area contributed by atoms with Gasteiger partial charge in [0.15, 0.2) is 6.61 Å². The molecular formula is C14H12Cl2N2O3. The first-order valence-corrected chi connectivity index (χ1v) is 6.76. The molecule has 1 aromatic heterocycles. The molecule has 1 aromatic carbocycles. The number of rotatable bonds is 5. The minimum Gasteiger partial charge on any atom is -0.482 e. The molecular weight excluding hydrogens is 315 g/mol. The van der Waals surface area contributed by atoms with Crippen molar-refractivity contribution in [3.8, 4) is 5.75 Å². The van der Waals surface area contributed by atoms with Gasteiger partial charge < -0.3 is 9.15 Å². The van der Waals surface area contributed by atoms with Gasteiger partial charge in [0.25, 0.3) is 5.91 Å². The standard InChI is InChI=1S/C14H12Cl2N2O3/c1-9(12-3-2-6-20-12)17-18-14(19)8-21-13-5-4-10(15)7-11(13)16/h2-7H,8H2,1H3,(H,18,19). The lowest BCUT2D eigenvalue weighted by Gasteiger charge is -2.07. The van der Waals surface area contributed by atoms with Crippen molar-refractivity contribution in [2.45, 2.75) is 6.92 Å². The Bertz CT molecular complexity index is 654. The van der Waals surface area contributed by atoms with E-state index in [9.17, 15) is 4.79 Å². The van der Waals surface area contributed by atoms with E-state index in [2.05, 4.69) is 10.5 Å². The van der Waals surface area contributed by atoms with E-state index >= 15 is 0 Å². The van der Waals surface area contributed by atoms with Crippen LogP contribution in [0.5, 0.6) is 5.75 Å². The molecule has 0 radical (unpaired) electrons. The first kappa shape index (κ1) is 15.4. The van der Waals surface area contributed by atoms with E-state index in [-0.39, 0.29) is 6.61 Å². The van der Waals surface area contributed by atoms with Crippen LogP contribution in [-0.2, 0) is 4.79 Å². The molecule has 5 nitrogen and oxygen atoms in total. The highest BCUT2D eigenvalue weighted by atomic mass is 35.5. The largest absolute Gasteiger partial charge is 0.482 e. The monoisotopic (exact) mass is 326 g/mol. The van der Waals surface area contributed by atoms with E-state index in [1.807, 2.05) is 0 Å². The summed E-state index contributed by atoms with van der Waals surface area (Å²) in [5.74, 6) is 0.548. The van der Waals surface area contributed by atoms with Gasteiger partial charge in [0.1, 0.15) is 17.2 Å². The number of carbonyl (C=O) groups is 1. The van der Waals surface area contributed by atoms with Crippen molar-refractivity contribution >= 4 is 34.8 Å². The molecule has 0 saturated heterocycles. The topological polar surface area (TPSA) is 63.8 Å². The summed E-state index contributed by atoms with van der Waals surface area (Å²) in [5, 5.41) is 4.74. The zero-order valence-corrected chi connectivity index (χ0v) is 12.6. The SMILES string of the molecule is CC(=NNC(=O)COc1ccc(Cl)cc1Cl)c1ccco1. The van der Waals surface area contributed by atoms with Crippen LogP contribution in [0.4, 0.5) is 0 Å². The Balaban J connectivity index is 1.86. The lowest BCUT2D eigenvalue weighted by molar-refractivity contribution is -0.123. The molecule has 0 aliphatic rings. The molecule has 1 amide bonds. The third-order valence-corrected chi connectivity index (χ3v) is 3.01. The van der Waals surface area contributed by atoms with Gasteiger partial charge in [-0.3, -0.25) is 4.79 Å². The van der Waals surface area contributed by atoms with Gasteiger partial charge >= 0.3 is 0 Å². The molecule has 1 heterocycles. The van der Waals surface area contributed by atoms with Crippen molar-refractivity contribution in [1.29, 1.82) is 0 Å². The molecule has 0 atom stereocenters. The second-order valence-electron chi connectivity index (χ2n) is 4.07. The van der Waals surface area contributed by atoms with Gasteiger partial charge in [-0.1, -0.05) is 23.2 Å². The fourth-order valence-corrected chi connectivity index (χ4v) is 1.92. The summed E-state index contributed by atoms with van der Waals surface area (Å²) >= 11 is 11.7. The average molecular weight is 327 g/mol. The molecule has 0 fully saturated rings. The molecule has 21 heavy (non-hydrogen) atoms. The highest BCUT2D eigenvalue weighted by molar-refractivity contribution is 6.35. The first-order chi connectivity index (χ1) is 10.1. The molecule has 2 aromatic rings. The Kier molecular flexibility index (Phi) is 5.25. The molecule has 0 spiro atoms. The molecule has 0 aliphatic heterocycles. The molecule has 1 N–H and O–H groups in total. The van der Waals surface area contributed by atoms with Crippen LogP contribution in [0, 0.1) is 0 Å². The average Bonchev–Trinajstić information content (AvgIpc) is 2.98. The molecule has 110 valence electrons. The van der Waals surface area contributed by atoms with E-state index in [0.717, 1.165) is 0 Å². The number of amides is 1. The minimum atomic E-state index is -0.410. The summed E-state index contributed by atoms with van der Waals surface area (Å²) in [7, 11) is 0. The summed E-state index contributed by atoms with van der Waals surface area (Å²) in [6.45, 7) is 1.51. The summed E-state index contributed by atoms with van der Waals surface area (Å²) < 4.78 is 10.4. The molecule has 0 bridgehead atoms. The van der Waals surface area contributed by atoms with Gasteiger partial charge in [0, 0.05) is 5.02 Å². The van der Waals surface area contributed by atoms with Crippen molar-refractivity contribution in [2.75, 3.05) is 6.61 Å². The molecule has 7 heteroatoms. The Morgan fingerprint density at radius 2 is 2.19 bits per heavy atom. The fraction of sp³-hybridized carbons (Fsp3) is 0.143. The van der Waals surface area contributed by atoms with E-state index in [0.29, 0.717) is 27.3 Å². The maximum absolute atomic E-state index is 11.6. The number of furan rings is 1. The quantitative estimate of drug-likeness (QED) is 0.675. The predicted octanol–water partition coefficient (Wildman–Crippen LogP) is 3.51. The number of hydrazone groups is 1. The van der Waals surface area contributed by atoms with Crippen molar-refractivity contribution in [1.82, 2.24) is 5.43 Å². The van der Waals surface area contributed by atoms with Gasteiger partial charge in [-0.2, -0.15) is 5.10 Å². The third-order valence-electron chi connectivity index (χ3n) is 2.48. The first-order valence-electron chi connectivity index (χ1n) is 6.01. The smallest absolute Gasteiger partial charge is 0.277 e. The maximum Gasteiger partial charge on any atom is 0.277 e. The summed E-state index contributed by atoms with van der Waals surface area (Å²) in [6.07, 6.45) is 1.53. The summed E-state index contributed by atoms with van der Waals surface area (Å²) in [6, 6.07) is 8.24. The van der Waals surface area contributed by atoms with Crippen molar-refractivity contribution in [3.05, 3.63) is 52.4 Å². The highest BCUT2D eigenvalue weighted by Gasteiger charge is 2.07. The summed E-state index contributed by atoms with van der Waals surface area (Å²) in [5.41, 5.74) is 2.92. The Morgan fingerprint density at radius 3 is 2.86 bits per heavy atom. The number of halogens is 2. The number of nitrogens with zero attached hydrogens (tertiary/aromatic N) is 1. The summed E-state index contributed by atoms with van der Waals surface area (Å²) in [4.78, 5) is 11.6. The Hall–Kier alpha value is -1.98. The number of benzene rings is 1. The van der Waals surface area contributed by atoms with Gasteiger partial charge in [-0.25, -0.2) is 5.43 Å². The van der Waals surface area contributed by atoms with Gasteiger partial charge in [0.2, 0.25) is 0 Å². The van der Waals surface area contributed by atoms with Crippen LogP contribution in [0.1, 0.15) is 12.7 Å². The number of nitrogens with one attached hydrogen (secondary N) is 1.